The molecule has 1 amide bonds. The molecule has 1 aliphatic heterocycles. The van der Waals surface area contributed by atoms with Gasteiger partial charge in [0, 0.05) is 49.4 Å². The Balaban J connectivity index is 1.20. The first-order valence-corrected chi connectivity index (χ1v) is 13.6. The second-order valence-corrected chi connectivity index (χ2v) is 11.3. The highest BCUT2D eigenvalue weighted by molar-refractivity contribution is 7.89. The maximum atomic E-state index is 12.9. The van der Waals surface area contributed by atoms with Crippen LogP contribution in [0.2, 0.25) is 0 Å². The molecule has 1 fully saturated rings. The number of amides is 1. The Hall–Kier alpha value is -2.86. The Morgan fingerprint density at radius 3 is 2.52 bits per heavy atom. The standard InChI is InChI=1S/C22H21N5O3S3/c28-21(16-5-7-18(8-6-16)33(29,30)24-15-17-3-2-14-31-17)26-10-12-27(13-11-26)22-25-19-4-1-9-23-20(19)32-22/h1-9,14,24H,10-13,15H2. The van der Waals surface area contributed by atoms with E-state index >= 15 is 0 Å². The molecule has 0 saturated carbocycles. The molecule has 0 atom stereocenters. The number of pyridine rings is 1. The summed E-state index contributed by atoms with van der Waals surface area (Å²) in [5, 5.41) is 2.82. The molecule has 5 rings (SSSR count). The lowest BCUT2D eigenvalue weighted by Crippen LogP contribution is -2.48. The third-order valence-electron chi connectivity index (χ3n) is 5.42. The van der Waals surface area contributed by atoms with Gasteiger partial charge in [-0.05, 0) is 47.8 Å². The predicted molar refractivity (Wildman–Crippen MR) is 130 cm³/mol. The van der Waals surface area contributed by atoms with Gasteiger partial charge in [0.05, 0.1) is 4.90 Å². The van der Waals surface area contributed by atoms with Crippen molar-refractivity contribution >= 4 is 54.1 Å². The van der Waals surface area contributed by atoms with Crippen molar-refractivity contribution in [2.24, 2.45) is 0 Å². The Kier molecular flexibility index (Phi) is 6.11. The van der Waals surface area contributed by atoms with E-state index in [1.54, 1.807) is 34.6 Å². The van der Waals surface area contributed by atoms with E-state index < -0.39 is 10.0 Å². The van der Waals surface area contributed by atoms with Gasteiger partial charge in [-0.2, -0.15) is 0 Å². The molecule has 1 aromatic carbocycles. The molecular formula is C22H21N5O3S3. The SMILES string of the molecule is O=C(c1ccc(S(=O)(=O)NCc2cccs2)cc1)N1CCN(c2nc3cccnc3s2)CC1. The van der Waals surface area contributed by atoms with Crippen molar-refractivity contribution in [3.05, 3.63) is 70.5 Å². The van der Waals surface area contributed by atoms with E-state index in [1.807, 2.05) is 29.6 Å². The van der Waals surface area contributed by atoms with Crippen molar-refractivity contribution in [2.45, 2.75) is 11.4 Å². The minimum Gasteiger partial charge on any atom is -0.344 e. The second kappa shape index (κ2) is 9.18. The highest BCUT2D eigenvalue weighted by Crippen LogP contribution is 2.28. The Morgan fingerprint density at radius 2 is 1.82 bits per heavy atom. The average Bonchev–Trinajstić information content (AvgIpc) is 3.52. The zero-order valence-corrected chi connectivity index (χ0v) is 20.0. The van der Waals surface area contributed by atoms with Gasteiger partial charge in [-0.3, -0.25) is 4.79 Å². The van der Waals surface area contributed by atoms with Gasteiger partial charge >= 0.3 is 0 Å². The summed E-state index contributed by atoms with van der Waals surface area (Å²) in [5.74, 6) is -0.101. The fourth-order valence-corrected chi connectivity index (χ4v) is 6.32. The highest BCUT2D eigenvalue weighted by atomic mass is 32.2. The van der Waals surface area contributed by atoms with Crippen molar-refractivity contribution in [1.82, 2.24) is 19.6 Å². The first-order chi connectivity index (χ1) is 16.0. The van der Waals surface area contributed by atoms with Crippen LogP contribution in [0.3, 0.4) is 0 Å². The summed E-state index contributed by atoms with van der Waals surface area (Å²) in [7, 11) is -3.64. The normalized spacial score (nSPS) is 14.7. The lowest BCUT2D eigenvalue weighted by atomic mass is 10.2. The number of fused-ring (bicyclic) bond motifs is 1. The van der Waals surface area contributed by atoms with E-state index in [-0.39, 0.29) is 17.3 Å². The highest BCUT2D eigenvalue weighted by Gasteiger charge is 2.24. The first-order valence-electron chi connectivity index (χ1n) is 10.4. The number of aromatic nitrogens is 2. The number of hydrogen-bond donors (Lipinski definition) is 1. The van der Waals surface area contributed by atoms with Crippen LogP contribution in [-0.2, 0) is 16.6 Å². The van der Waals surface area contributed by atoms with Crippen LogP contribution < -0.4 is 9.62 Å². The van der Waals surface area contributed by atoms with Crippen molar-refractivity contribution < 1.29 is 13.2 Å². The number of piperazine rings is 1. The number of hydrogen-bond acceptors (Lipinski definition) is 8. The van der Waals surface area contributed by atoms with Gasteiger partial charge in [0.1, 0.15) is 10.3 Å². The maximum absolute atomic E-state index is 12.9. The number of benzene rings is 1. The third kappa shape index (κ3) is 4.76. The quantitative estimate of drug-likeness (QED) is 0.438. The minimum absolute atomic E-state index is 0.101. The fraction of sp³-hybridized carbons (Fsp3) is 0.227. The number of thiazole rings is 1. The van der Waals surface area contributed by atoms with Crippen LogP contribution in [0.25, 0.3) is 10.3 Å². The fourth-order valence-electron chi connectivity index (χ4n) is 3.62. The molecule has 33 heavy (non-hydrogen) atoms. The number of nitrogens with zero attached hydrogens (tertiary/aromatic N) is 4. The molecule has 3 aromatic heterocycles. The van der Waals surface area contributed by atoms with Gasteiger partial charge in [-0.15, -0.1) is 11.3 Å². The van der Waals surface area contributed by atoms with Crippen LogP contribution >= 0.6 is 22.7 Å². The van der Waals surface area contributed by atoms with Crippen LogP contribution in [0, 0.1) is 0 Å². The number of thiophene rings is 1. The van der Waals surface area contributed by atoms with E-state index in [9.17, 15) is 13.2 Å². The van der Waals surface area contributed by atoms with Crippen molar-refractivity contribution in [3.8, 4) is 0 Å². The number of carbonyl (C=O) groups excluding carboxylic acids is 1. The average molecular weight is 500 g/mol. The first kappa shape index (κ1) is 22.0. The molecule has 8 nitrogen and oxygen atoms in total. The van der Waals surface area contributed by atoms with E-state index in [2.05, 4.69) is 19.6 Å². The summed E-state index contributed by atoms with van der Waals surface area (Å²) in [4.78, 5) is 27.9. The number of rotatable bonds is 6. The second-order valence-electron chi connectivity index (χ2n) is 7.53. The molecule has 0 unspecified atom stereocenters. The monoisotopic (exact) mass is 499 g/mol. The number of anilines is 1. The van der Waals surface area contributed by atoms with Crippen LogP contribution in [0.5, 0.6) is 0 Å². The summed E-state index contributed by atoms with van der Waals surface area (Å²) in [6, 6.07) is 13.7. The Morgan fingerprint density at radius 1 is 1.03 bits per heavy atom. The summed E-state index contributed by atoms with van der Waals surface area (Å²) in [5.41, 5.74) is 1.36. The van der Waals surface area contributed by atoms with Gasteiger partial charge in [-0.1, -0.05) is 17.4 Å². The van der Waals surface area contributed by atoms with E-state index in [4.69, 9.17) is 0 Å². The van der Waals surface area contributed by atoms with Crippen molar-refractivity contribution in [3.63, 3.8) is 0 Å². The molecule has 170 valence electrons. The molecule has 1 N–H and O–H groups in total. The zero-order valence-electron chi connectivity index (χ0n) is 17.5. The molecule has 11 heteroatoms. The Bertz CT molecular complexity index is 1330. The molecule has 1 aliphatic rings. The summed E-state index contributed by atoms with van der Waals surface area (Å²) in [6.07, 6.45) is 1.76. The third-order valence-corrected chi connectivity index (χ3v) is 8.75. The lowest BCUT2D eigenvalue weighted by Gasteiger charge is -2.34. The van der Waals surface area contributed by atoms with Crippen LogP contribution in [0.1, 0.15) is 15.2 Å². The number of sulfonamides is 1. The van der Waals surface area contributed by atoms with Gasteiger partial charge in [-0.25, -0.2) is 23.1 Å². The Labute approximate surface area is 199 Å². The van der Waals surface area contributed by atoms with Crippen LogP contribution in [0.15, 0.2) is 65.0 Å². The molecule has 4 aromatic rings. The number of carbonyl (C=O) groups is 1. The summed E-state index contributed by atoms with van der Waals surface area (Å²) >= 11 is 3.05. The summed E-state index contributed by atoms with van der Waals surface area (Å²) in [6.45, 7) is 2.76. The van der Waals surface area contributed by atoms with Crippen molar-refractivity contribution in [1.29, 1.82) is 0 Å². The minimum atomic E-state index is -3.64. The van der Waals surface area contributed by atoms with Gasteiger partial charge in [0.25, 0.3) is 5.91 Å². The molecule has 1 saturated heterocycles. The smallest absolute Gasteiger partial charge is 0.253 e. The van der Waals surface area contributed by atoms with E-state index in [0.29, 0.717) is 31.7 Å². The van der Waals surface area contributed by atoms with Gasteiger partial charge in [0.15, 0.2) is 5.13 Å². The van der Waals surface area contributed by atoms with Crippen molar-refractivity contribution in [2.75, 3.05) is 31.1 Å². The lowest BCUT2D eigenvalue weighted by molar-refractivity contribution is 0.0746. The van der Waals surface area contributed by atoms with Crippen LogP contribution in [0.4, 0.5) is 5.13 Å². The molecule has 0 radical (unpaired) electrons. The molecule has 0 spiro atoms. The van der Waals surface area contributed by atoms with Crippen LogP contribution in [-0.4, -0.2) is 55.4 Å². The predicted octanol–water partition coefficient (Wildman–Crippen LogP) is 3.19. The van der Waals surface area contributed by atoms with Gasteiger partial charge < -0.3 is 9.80 Å². The molecular weight excluding hydrogens is 478 g/mol. The molecule has 0 bridgehead atoms. The van der Waals surface area contributed by atoms with E-state index in [1.165, 1.54) is 23.5 Å². The zero-order chi connectivity index (χ0) is 22.8. The van der Waals surface area contributed by atoms with Gasteiger partial charge in [0.2, 0.25) is 10.0 Å². The molecule has 4 heterocycles. The summed E-state index contributed by atoms with van der Waals surface area (Å²) < 4.78 is 27.7. The largest absolute Gasteiger partial charge is 0.344 e. The maximum Gasteiger partial charge on any atom is 0.253 e. The number of nitrogens with one attached hydrogen (secondary N) is 1. The molecule has 0 aliphatic carbocycles. The van der Waals surface area contributed by atoms with E-state index in [0.717, 1.165) is 20.4 Å². The topological polar surface area (TPSA) is 95.5 Å².